The lowest BCUT2D eigenvalue weighted by Gasteiger charge is -2.03. The van der Waals surface area contributed by atoms with Crippen LogP contribution in [0.5, 0.6) is 0 Å². The van der Waals surface area contributed by atoms with Crippen LogP contribution < -0.4 is 0 Å². The summed E-state index contributed by atoms with van der Waals surface area (Å²) in [5, 5.41) is 4.54. The minimum Gasteiger partial charge on any atom is -0.172 e. The summed E-state index contributed by atoms with van der Waals surface area (Å²) in [6.45, 7) is 9.19. The van der Waals surface area contributed by atoms with Crippen LogP contribution in [0.2, 0.25) is 0 Å². The molecule has 0 aliphatic heterocycles. The summed E-state index contributed by atoms with van der Waals surface area (Å²) in [4.78, 5) is 13.6. The average Bonchev–Trinajstić information content (AvgIpc) is 4.21. The summed E-state index contributed by atoms with van der Waals surface area (Å²) in [6.07, 6.45) is 34.9. The molecule has 0 saturated carbocycles. The van der Waals surface area contributed by atoms with E-state index in [1.165, 1.54) is 209 Å². The number of fused-ring (bicyclic) bond motifs is 1. The summed E-state index contributed by atoms with van der Waals surface area (Å²) in [5.41, 5.74) is 10.4. The first-order chi connectivity index (χ1) is 33.1. The van der Waals surface area contributed by atoms with Crippen LogP contribution in [0.15, 0.2) is 71.4 Å². The normalized spacial score (nSPS) is 12.1. The van der Waals surface area contributed by atoms with Gasteiger partial charge in [-0.3, -0.25) is 0 Å². The lowest BCUT2D eigenvalue weighted by Crippen LogP contribution is -1.86. The lowest BCUT2D eigenvalue weighted by molar-refractivity contribution is 0.667. The van der Waals surface area contributed by atoms with Crippen LogP contribution in [0, 0.1) is 0 Å². The van der Waals surface area contributed by atoms with Gasteiger partial charge < -0.3 is 0 Å². The first-order valence-corrected chi connectivity index (χ1v) is 31.0. The monoisotopic (exact) mass is 1020 g/mol. The van der Waals surface area contributed by atoms with Gasteiger partial charge in [0.25, 0.3) is 0 Å². The van der Waals surface area contributed by atoms with Crippen LogP contribution in [0.1, 0.15) is 172 Å². The zero-order valence-electron chi connectivity index (χ0n) is 40.1. The molecule has 67 heavy (non-hydrogen) atoms. The molecule has 8 rings (SSSR count). The number of rotatable bonds is 28. The molecule has 9 heteroatoms. The van der Waals surface area contributed by atoms with Crippen LogP contribution in [0.4, 0.5) is 0 Å². The van der Waals surface area contributed by atoms with Crippen LogP contribution >= 0.6 is 79.7 Å². The van der Waals surface area contributed by atoms with Gasteiger partial charge in [-0.25, -0.2) is 0 Å². The fourth-order valence-electron chi connectivity index (χ4n) is 8.97. The summed E-state index contributed by atoms with van der Waals surface area (Å²) >= 11 is 12.8. The molecular weight excluding hydrogens is 949 g/mol. The van der Waals surface area contributed by atoms with Gasteiger partial charge in [0, 0.05) is 59.9 Å². The third-order valence-electron chi connectivity index (χ3n) is 12.9. The second kappa shape index (κ2) is 26.1. The largest absolute Gasteiger partial charge is 0.172 e. The van der Waals surface area contributed by atoms with Crippen molar-refractivity contribution in [3.8, 4) is 40.4 Å². The van der Waals surface area contributed by atoms with Crippen molar-refractivity contribution in [3.05, 3.63) is 113 Å². The molecule has 0 fully saturated rings. The number of unbranched alkanes of at least 4 members (excludes halogenated alkanes) is 12. The zero-order chi connectivity index (χ0) is 46.2. The summed E-state index contributed by atoms with van der Waals surface area (Å²) in [5.74, 6) is 0. The molecule has 1 aromatic carbocycles. The molecule has 0 aliphatic rings. The third-order valence-corrected chi connectivity index (χ3v) is 20.2. The third kappa shape index (κ3) is 13.3. The number of hydrogen-bond donors (Lipinski definition) is 0. The van der Waals surface area contributed by atoms with Gasteiger partial charge in [0.05, 0.1) is 11.7 Å². The molecule has 0 aliphatic carbocycles. The van der Waals surface area contributed by atoms with Gasteiger partial charge in [-0.2, -0.15) is 8.75 Å². The highest BCUT2D eigenvalue weighted by Crippen LogP contribution is 2.46. The van der Waals surface area contributed by atoms with E-state index in [9.17, 15) is 0 Å². The minimum atomic E-state index is 1.01. The fraction of sp³-hybridized carbons (Fsp3) is 0.414. The number of benzene rings is 1. The van der Waals surface area contributed by atoms with Gasteiger partial charge in [0.1, 0.15) is 11.0 Å². The Morgan fingerprint density at radius 1 is 0.358 bits per heavy atom. The van der Waals surface area contributed by atoms with Gasteiger partial charge in [0.2, 0.25) is 0 Å². The van der Waals surface area contributed by atoms with E-state index in [2.05, 4.69) is 123 Å². The van der Waals surface area contributed by atoms with Gasteiger partial charge >= 0.3 is 0 Å². The molecule has 0 N–H and O–H groups in total. The summed E-state index contributed by atoms with van der Waals surface area (Å²) in [6, 6.07) is 23.5. The molecular formula is C58H68N2S7. The van der Waals surface area contributed by atoms with Crippen molar-refractivity contribution in [2.24, 2.45) is 0 Å². The number of nitrogens with zero attached hydrogens (tertiary/aromatic N) is 2. The lowest BCUT2D eigenvalue weighted by atomic mass is 10.0. The molecule has 0 unspecified atom stereocenters. The first kappa shape index (κ1) is 50.1. The highest BCUT2D eigenvalue weighted by molar-refractivity contribution is 7.25. The molecule has 0 radical (unpaired) electrons. The smallest absolute Gasteiger partial charge is 0.114 e. The Kier molecular flexibility index (Phi) is 19.5. The van der Waals surface area contributed by atoms with Crippen LogP contribution in [0.3, 0.4) is 0 Å². The van der Waals surface area contributed by atoms with Crippen molar-refractivity contribution in [2.75, 3.05) is 0 Å². The Morgan fingerprint density at radius 2 is 0.731 bits per heavy atom. The quantitative estimate of drug-likeness (QED) is 0.0457. The van der Waals surface area contributed by atoms with Gasteiger partial charge in [-0.15, -0.1) is 68.0 Å². The molecule has 7 heterocycles. The molecule has 0 atom stereocenters. The molecule has 7 aromatic heterocycles. The van der Waals surface area contributed by atoms with Crippen molar-refractivity contribution >= 4 is 115 Å². The Morgan fingerprint density at radius 3 is 1.13 bits per heavy atom. The Bertz CT molecular complexity index is 2600. The van der Waals surface area contributed by atoms with Gasteiger partial charge in [0.15, 0.2) is 0 Å². The van der Waals surface area contributed by atoms with Crippen molar-refractivity contribution in [1.82, 2.24) is 8.75 Å². The van der Waals surface area contributed by atoms with Crippen LogP contribution in [-0.4, -0.2) is 8.75 Å². The predicted octanol–water partition coefficient (Wildman–Crippen LogP) is 21.6. The van der Waals surface area contributed by atoms with E-state index in [1.807, 2.05) is 68.0 Å². The second-order valence-electron chi connectivity index (χ2n) is 18.0. The van der Waals surface area contributed by atoms with Crippen molar-refractivity contribution in [1.29, 1.82) is 0 Å². The molecule has 0 saturated heterocycles. The Balaban J connectivity index is 1.01. The topological polar surface area (TPSA) is 25.8 Å². The Hall–Kier alpha value is -3.28. The first-order valence-electron chi connectivity index (χ1n) is 25.3. The highest BCUT2D eigenvalue weighted by atomic mass is 32.1. The SMILES string of the molecule is CCCCCCc1ccsc1C=Cc1sc(-c2ccc(-c3ccc(-c4ccc(-c5cc(CCCCCC)c(C=Cc6sccc6CCCCCC)s5)s4)c4nsnc34)s2)cc1CCCCCC. The molecule has 0 spiro atoms. The molecule has 352 valence electrons. The van der Waals surface area contributed by atoms with E-state index >= 15 is 0 Å². The highest BCUT2D eigenvalue weighted by Gasteiger charge is 2.19. The second-order valence-corrected chi connectivity index (χ2v) is 24.7. The maximum atomic E-state index is 4.94. The van der Waals surface area contributed by atoms with E-state index in [1.54, 1.807) is 0 Å². The average molecular weight is 1020 g/mol. The van der Waals surface area contributed by atoms with E-state index in [4.69, 9.17) is 8.75 Å². The fourth-order valence-corrected chi connectivity index (χ4v) is 15.7. The van der Waals surface area contributed by atoms with E-state index in [0.29, 0.717) is 0 Å². The minimum absolute atomic E-state index is 1.01. The van der Waals surface area contributed by atoms with Crippen LogP contribution in [-0.2, 0) is 25.7 Å². The molecule has 0 amide bonds. The zero-order valence-corrected chi connectivity index (χ0v) is 45.8. The summed E-state index contributed by atoms with van der Waals surface area (Å²) in [7, 11) is 0. The van der Waals surface area contributed by atoms with Crippen molar-refractivity contribution < 1.29 is 0 Å². The number of aromatic nitrogens is 2. The Labute approximate surface area is 429 Å². The number of aryl methyl sites for hydroxylation is 4. The maximum Gasteiger partial charge on any atom is 0.114 e. The van der Waals surface area contributed by atoms with E-state index < -0.39 is 0 Å². The molecule has 8 aromatic rings. The standard InChI is InChI=1S/C58H68N2S7/c1-5-9-13-17-21-41-35-37-61-47(41)27-29-49-43(23-19-15-11-7-3)39-55(63-49)53-33-31-51(65-53)45-25-26-46(58-57(45)59-67-60-58)52-32-34-54(66-52)56-40-44(24-20-16-12-8-4)50(64-56)30-28-48-42(36-38-62-48)22-18-14-10-6-2/h25-40H,5-24H2,1-4H3. The van der Waals surface area contributed by atoms with Gasteiger partial charge in [-0.05, 0) is 157 Å². The van der Waals surface area contributed by atoms with E-state index in [-0.39, 0.29) is 0 Å². The number of hydrogen-bond acceptors (Lipinski definition) is 9. The van der Waals surface area contributed by atoms with E-state index in [0.717, 1.165) is 23.9 Å². The predicted molar refractivity (Wildman–Crippen MR) is 309 cm³/mol. The molecule has 2 nitrogen and oxygen atoms in total. The van der Waals surface area contributed by atoms with Crippen molar-refractivity contribution in [3.63, 3.8) is 0 Å². The summed E-state index contributed by atoms with van der Waals surface area (Å²) < 4.78 is 9.88. The number of thiophene rings is 6. The maximum absolute atomic E-state index is 4.94. The molecule has 0 bridgehead atoms. The van der Waals surface area contributed by atoms with Crippen molar-refractivity contribution in [2.45, 2.75) is 156 Å². The van der Waals surface area contributed by atoms with Crippen LogP contribution in [0.25, 0.3) is 75.7 Å². The van der Waals surface area contributed by atoms with Gasteiger partial charge in [-0.1, -0.05) is 117 Å².